The summed E-state index contributed by atoms with van der Waals surface area (Å²) in [6.45, 7) is 3.37. The van der Waals surface area contributed by atoms with Gasteiger partial charge in [0.1, 0.15) is 5.82 Å². The smallest absolute Gasteiger partial charge is 0.128 e. The number of nitriles is 1. The molecule has 0 spiro atoms. The molecular formula is C10H9ClFN. The topological polar surface area (TPSA) is 23.8 Å². The van der Waals surface area contributed by atoms with Gasteiger partial charge in [0.2, 0.25) is 0 Å². The van der Waals surface area contributed by atoms with E-state index in [0.717, 1.165) is 0 Å². The summed E-state index contributed by atoms with van der Waals surface area (Å²) in [6, 6.07) is 4.78. The molecule has 0 saturated heterocycles. The molecule has 1 aromatic rings. The molecule has 1 unspecified atom stereocenters. The molecule has 0 radical (unpaired) electrons. The fourth-order valence-corrected chi connectivity index (χ4v) is 1.43. The molecule has 0 fully saturated rings. The summed E-state index contributed by atoms with van der Waals surface area (Å²) in [5, 5.41) is 9.17. The van der Waals surface area contributed by atoms with E-state index in [0.29, 0.717) is 16.1 Å². The number of rotatable bonds is 1. The molecule has 0 aliphatic heterocycles. The van der Waals surface area contributed by atoms with Crippen molar-refractivity contribution in [2.45, 2.75) is 19.8 Å². The van der Waals surface area contributed by atoms with Crippen molar-refractivity contribution in [2.75, 3.05) is 0 Å². The first-order chi connectivity index (χ1) is 6.07. The van der Waals surface area contributed by atoms with Crippen LogP contribution < -0.4 is 0 Å². The maximum atomic E-state index is 13.3. The van der Waals surface area contributed by atoms with Crippen LogP contribution >= 0.6 is 11.6 Å². The Labute approximate surface area is 81.8 Å². The highest BCUT2D eigenvalue weighted by atomic mass is 35.5. The average Bonchev–Trinajstić information content (AvgIpc) is 2.12. The first-order valence-electron chi connectivity index (χ1n) is 3.92. The zero-order valence-electron chi connectivity index (χ0n) is 7.44. The van der Waals surface area contributed by atoms with Crippen molar-refractivity contribution < 1.29 is 4.39 Å². The molecular weight excluding hydrogens is 189 g/mol. The summed E-state index contributed by atoms with van der Waals surface area (Å²) >= 11 is 5.81. The normalized spacial score (nSPS) is 12.2. The van der Waals surface area contributed by atoms with E-state index in [1.165, 1.54) is 12.1 Å². The molecule has 0 aromatic heterocycles. The third-order valence-electron chi connectivity index (χ3n) is 2.02. The Morgan fingerprint density at radius 3 is 2.69 bits per heavy atom. The lowest BCUT2D eigenvalue weighted by Crippen LogP contribution is -1.98. The van der Waals surface area contributed by atoms with Gasteiger partial charge in [0.15, 0.2) is 0 Å². The van der Waals surface area contributed by atoms with E-state index in [1.54, 1.807) is 13.8 Å². The largest absolute Gasteiger partial charge is 0.207 e. The van der Waals surface area contributed by atoms with Crippen molar-refractivity contribution in [1.82, 2.24) is 0 Å². The van der Waals surface area contributed by atoms with E-state index in [2.05, 4.69) is 0 Å². The molecule has 0 N–H and O–H groups in total. The van der Waals surface area contributed by atoms with Gasteiger partial charge in [-0.15, -0.1) is 0 Å². The van der Waals surface area contributed by atoms with Gasteiger partial charge in [0.25, 0.3) is 0 Å². The quantitative estimate of drug-likeness (QED) is 0.677. The van der Waals surface area contributed by atoms with Crippen LogP contribution in [0.5, 0.6) is 0 Å². The van der Waals surface area contributed by atoms with Gasteiger partial charge in [-0.05, 0) is 31.5 Å². The van der Waals surface area contributed by atoms with Crippen molar-refractivity contribution in [1.29, 1.82) is 5.26 Å². The summed E-state index contributed by atoms with van der Waals surface area (Å²) in [5.74, 6) is -0.824. The standard InChI is InChI=1S/C10H9ClFN/c1-6(5-13)10-7(2)8(11)3-4-9(10)12/h3-4,6H,1-2H3. The fraction of sp³-hybridized carbons (Fsp3) is 0.300. The summed E-state index contributed by atoms with van der Waals surface area (Å²) in [7, 11) is 0. The lowest BCUT2D eigenvalue weighted by atomic mass is 9.97. The van der Waals surface area contributed by atoms with Crippen molar-refractivity contribution in [3.8, 4) is 6.07 Å². The lowest BCUT2D eigenvalue weighted by molar-refractivity contribution is 0.604. The Bertz CT molecular complexity index is 368. The lowest BCUT2D eigenvalue weighted by Gasteiger charge is -2.09. The van der Waals surface area contributed by atoms with E-state index in [-0.39, 0.29) is 5.82 Å². The van der Waals surface area contributed by atoms with E-state index < -0.39 is 5.92 Å². The molecule has 0 aliphatic rings. The molecule has 0 amide bonds. The summed E-state index contributed by atoms with van der Waals surface area (Å²) < 4.78 is 13.3. The minimum atomic E-state index is -0.460. The number of halogens is 2. The van der Waals surface area contributed by atoms with Gasteiger partial charge in [-0.3, -0.25) is 0 Å². The van der Waals surface area contributed by atoms with Crippen LogP contribution in [0.3, 0.4) is 0 Å². The Kier molecular flexibility index (Phi) is 2.90. The molecule has 1 aromatic carbocycles. The Morgan fingerprint density at radius 2 is 2.15 bits per heavy atom. The van der Waals surface area contributed by atoms with Crippen LogP contribution in [0.15, 0.2) is 12.1 Å². The summed E-state index contributed by atoms with van der Waals surface area (Å²) in [6.07, 6.45) is 0. The summed E-state index contributed by atoms with van der Waals surface area (Å²) in [4.78, 5) is 0. The van der Waals surface area contributed by atoms with Crippen LogP contribution in [0, 0.1) is 24.1 Å². The number of hydrogen-bond donors (Lipinski definition) is 0. The number of nitrogens with zero attached hydrogens (tertiary/aromatic N) is 1. The maximum absolute atomic E-state index is 13.3. The van der Waals surface area contributed by atoms with Gasteiger partial charge in [-0.1, -0.05) is 11.6 Å². The van der Waals surface area contributed by atoms with E-state index in [9.17, 15) is 4.39 Å². The third-order valence-corrected chi connectivity index (χ3v) is 2.43. The minimum Gasteiger partial charge on any atom is -0.207 e. The van der Waals surface area contributed by atoms with Crippen LogP contribution in [0.4, 0.5) is 4.39 Å². The van der Waals surface area contributed by atoms with E-state index in [4.69, 9.17) is 16.9 Å². The first kappa shape index (κ1) is 10.0. The molecule has 68 valence electrons. The molecule has 1 atom stereocenters. The van der Waals surface area contributed by atoms with Crippen LogP contribution in [0.2, 0.25) is 5.02 Å². The summed E-state index contributed by atoms with van der Waals surface area (Å²) in [5.41, 5.74) is 1.05. The zero-order chi connectivity index (χ0) is 10.0. The van der Waals surface area contributed by atoms with Crippen LogP contribution in [-0.2, 0) is 0 Å². The molecule has 0 saturated carbocycles. The molecule has 0 bridgehead atoms. The van der Waals surface area contributed by atoms with Gasteiger partial charge < -0.3 is 0 Å². The van der Waals surface area contributed by atoms with Gasteiger partial charge in [-0.25, -0.2) is 4.39 Å². The fourth-order valence-electron chi connectivity index (χ4n) is 1.27. The highest BCUT2D eigenvalue weighted by Crippen LogP contribution is 2.27. The van der Waals surface area contributed by atoms with Gasteiger partial charge in [-0.2, -0.15) is 5.26 Å². The second-order valence-electron chi connectivity index (χ2n) is 2.92. The number of benzene rings is 1. The highest BCUT2D eigenvalue weighted by molar-refractivity contribution is 6.31. The Hall–Kier alpha value is -1.07. The highest BCUT2D eigenvalue weighted by Gasteiger charge is 2.14. The van der Waals surface area contributed by atoms with Gasteiger partial charge in [0.05, 0.1) is 12.0 Å². The maximum Gasteiger partial charge on any atom is 0.128 e. The molecule has 1 rings (SSSR count). The van der Waals surface area contributed by atoms with Crippen molar-refractivity contribution >= 4 is 11.6 Å². The first-order valence-corrected chi connectivity index (χ1v) is 4.29. The van der Waals surface area contributed by atoms with Crippen molar-refractivity contribution in [3.63, 3.8) is 0 Å². The SMILES string of the molecule is Cc1c(Cl)ccc(F)c1C(C)C#N. The molecule has 1 nitrogen and oxygen atoms in total. The average molecular weight is 198 g/mol. The number of hydrogen-bond acceptors (Lipinski definition) is 1. The second kappa shape index (κ2) is 3.76. The van der Waals surface area contributed by atoms with Crippen LogP contribution in [-0.4, -0.2) is 0 Å². The monoisotopic (exact) mass is 197 g/mol. The minimum absolute atomic E-state index is 0.365. The zero-order valence-corrected chi connectivity index (χ0v) is 8.19. The molecule has 3 heteroatoms. The molecule has 0 aliphatic carbocycles. The van der Waals surface area contributed by atoms with Gasteiger partial charge >= 0.3 is 0 Å². The van der Waals surface area contributed by atoms with Gasteiger partial charge in [0, 0.05) is 10.6 Å². The third kappa shape index (κ3) is 1.81. The van der Waals surface area contributed by atoms with Crippen molar-refractivity contribution in [2.24, 2.45) is 0 Å². The van der Waals surface area contributed by atoms with Crippen molar-refractivity contribution in [3.05, 3.63) is 34.1 Å². The molecule has 0 heterocycles. The van der Waals surface area contributed by atoms with Crippen LogP contribution in [0.25, 0.3) is 0 Å². The van der Waals surface area contributed by atoms with E-state index >= 15 is 0 Å². The Morgan fingerprint density at radius 1 is 1.54 bits per heavy atom. The second-order valence-corrected chi connectivity index (χ2v) is 3.33. The van der Waals surface area contributed by atoms with Crippen LogP contribution in [0.1, 0.15) is 24.0 Å². The predicted octanol–water partition coefficient (Wildman–Crippen LogP) is 3.41. The Balaban J connectivity index is 3.35. The van der Waals surface area contributed by atoms with E-state index in [1.807, 2.05) is 6.07 Å². The predicted molar refractivity (Wildman–Crippen MR) is 50.2 cm³/mol. The molecule has 13 heavy (non-hydrogen) atoms.